The summed E-state index contributed by atoms with van der Waals surface area (Å²) < 4.78 is 0. The summed E-state index contributed by atoms with van der Waals surface area (Å²) in [6.07, 6.45) is 14.2. The van der Waals surface area contributed by atoms with E-state index < -0.39 is 0 Å². The van der Waals surface area contributed by atoms with Gasteiger partial charge in [0, 0.05) is 22.5 Å². The summed E-state index contributed by atoms with van der Waals surface area (Å²) in [5, 5.41) is 2.61. The Kier molecular flexibility index (Phi) is 7.73. The van der Waals surface area contributed by atoms with Crippen molar-refractivity contribution in [1.82, 2.24) is 0 Å². The van der Waals surface area contributed by atoms with Crippen LogP contribution in [0, 0.1) is 23.7 Å². The highest BCUT2D eigenvalue weighted by atomic mass is 15.1. The Labute approximate surface area is 322 Å². The van der Waals surface area contributed by atoms with Gasteiger partial charge < -0.3 is 4.90 Å². The summed E-state index contributed by atoms with van der Waals surface area (Å²) >= 11 is 0. The number of anilines is 3. The Bertz CT molecular complexity index is 2320. The molecule has 0 spiro atoms. The number of hydrogen-bond donors (Lipinski definition) is 0. The van der Waals surface area contributed by atoms with E-state index in [0.29, 0.717) is 5.92 Å². The maximum atomic E-state index is 2.54. The fraction of sp³-hybridized carbons (Fsp3) is 0.358. The first kappa shape index (κ1) is 32.8. The molecule has 4 bridgehead atoms. The molecule has 6 aliphatic rings. The molecule has 6 aliphatic carbocycles. The molecule has 12 rings (SSSR count). The molecule has 0 atom stereocenters. The second-order valence-electron chi connectivity index (χ2n) is 18.4. The molecule has 5 saturated carbocycles. The highest BCUT2D eigenvalue weighted by molar-refractivity contribution is 6.00. The van der Waals surface area contributed by atoms with Crippen LogP contribution in [0.3, 0.4) is 0 Å². The third-order valence-corrected chi connectivity index (χ3v) is 15.0. The first-order valence-electron chi connectivity index (χ1n) is 21.3. The van der Waals surface area contributed by atoms with Gasteiger partial charge in [-0.05, 0) is 172 Å². The maximum absolute atomic E-state index is 2.54. The third-order valence-electron chi connectivity index (χ3n) is 15.0. The number of rotatable bonds is 6. The van der Waals surface area contributed by atoms with Gasteiger partial charge in [-0.1, -0.05) is 124 Å². The van der Waals surface area contributed by atoms with E-state index in [-0.39, 0.29) is 5.41 Å². The molecule has 270 valence electrons. The average molecular weight is 704 g/mol. The van der Waals surface area contributed by atoms with Crippen LogP contribution in [-0.4, -0.2) is 0 Å². The number of hydrogen-bond acceptors (Lipinski definition) is 1. The highest BCUT2D eigenvalue weighted by Crippen LogP contribution is 2.60. The predicted molar refractivity (Wildman–Crippen MR) is 227 cm³/mol. The lowest BCUT2D eigenvalue weighted by atomic mass is 9.51. The van der Waals surface area contributed by atoms with Crippen LogP contribution in [0.2, 0.25) is 0 Å². The minimum Gasteiger partial charge on any atom is -0.310 e. The SMILES string of the molecule is CC1(C)c2cc(N(c3ccc(C4CCCCC4)cc3)c3ccc(C4C5CC6CC(C5)CC4C6)cc3)ccc2-c2cccc(-c3cccc4ccccc34)c21. The zero-order valence-electron chi connectivity index (χ0n) is 32.1. The minimum atomic E-state index is -0.159. The van der Waals surface area contributed by atoms with Crippen LogP contribution in [0.15, 0.2) is 127 Å². The standard InChI is InChI=1S/C53H53N/c1-53(2)50-33-44(26-27-47(50)49-17-9-16-48(52(49)53)46-15-8-13-38-12-6-7-14-45(38)46)54(42-22-18-37(19-23-42)36-10-4-3-5-11-36)43-24-20-39(21-25-43)51-40-29-34-28-35(31-40)32-41(51)30-34/h6-9,12-27,33-36,40-41,51H,3-5,10-11,28-32H2,1-2H3. The van der Waals surface area contributed by atoms with Crippen molar-refractivity contribution in [1.29, 1.82) is 0 Å². The molecule has 6 aromatic carbocycles. The molecule has 54 heavy (non-hydrogen) atoms. The van der Waals surface area contributed by atoms with Crippen molar-refractivity contribution in [3.63, 3.8) is 0 Å². The van der Waals surface area contributed by atoms with Crippen LogP contribution in [0.5, 0.6) is 0 Å². The summed E-state index contributed by atoms with van der Waals surface area (Å²) in [7, 11) is 0. The predicted octanol–water partition coefficient (Wildman–Crippen LogP) is 14.9. The van der Waals surface area contributed by atoms with Gasteiger partial charge in [-0.15, -0.1) is 0 Å². The molecule has 1 heteroatoms. The second-order valence-corrected chi connectivity index (χ2v) is 18.4. The van der Waals surface area contributed by atoms with E-state index in [0.717, 1.165) is 29.6 Å². The zero-order valence-corrected chi connectivity index (χ0v) is 32.1. The van der Waals surface area contributed by atoms with Gasteiger partial charge in [0.25, 0.3) is 0 Å². The van der Waals surface area contributed by atoms with Crippen LogP contribution in [-0.2, 0) is 5.41 Å². The molecule has 5 fully saturated rings. The topological polar surface area (TPSA) is 3.24 Å². The smallest absolute Gasteiger partial charge is 0.0465 e. The Balaban J connectivity index is 0.995. The normalized spacial score (nSPS) is 25.1. The molecule has 0 radical (unpaired) electrons. The summed E-state index contributed by atoms with van der Waals surface area (Å²) in [5.41, 5.74) is 15.0. The Hall–Kier alpha value is -4.62. The van der Waals surface area contributed by atoms with E-state index in [1.165, 1.54) is 131 Å². The number of fused-ring (bicyclic) bond motifs is 4. The monoisotopic (exact) mass is 703 g/mol. The molecule has 0 saturated heterocycles. The van der Waals surface area contributed by atoms with Gasteiger partial charge in [-0.2, -0.15) is 0 Å². The van der Waals surface area contributed by atoms with Crippen molar-refractivity contribution in [2.45, 2.75) is 95.3 Å². The van der Waals surface area contributed by atoms with Crippen molar-refractivity contribution >= 4 is 27.8 Å². The quantitative estimate of drug-likeness (QED) is 0.167. The van der Waals surface area contributed by atoms with Crippen molar-refractivity contribution in [2.75, 3.05) is 4.90 Å². The van der Waals surface area contributed by atoms with Crippen LogP contribution in [0.4, 0.5) is 17.1 Å². The Morgan fingerprint density at radius 1 is 0.500 bits per heavy atom. The molecule has 0 N–H and O–H groups in total. The summed E-state index contributed by atoms with van der Waals surface area (Å²) in [6.45, 7) is 4.89. The fourth-order valence-corrected chi connectivity index (χ4v) is 12.8. The Morgan fingerprint density at radius 3 is 1.78 bits per heavy atom. The lowest BCUT2D eigenvalue weighted by Gasteiger charge is -2.54. The van der Waals surface area contributed by atoms with E-state index in [4.69, 9.17) is 0 Å². The first-order chi connectivity index (χ1) is 26.5. The first-order valence-corrected chi connectivity index (χ1v) is 21.3. The average Bonchev–Trinajstić information content (AvgIpc) is 3.44. The minimum absolute atomic E-state index is 0.159. The van der Waals surface area contributed by atoms with Gasteiger partial charge in [-0.3, -0.25) is 0 Å². The molecule has 0 aliphatic heterocycles. The van der Waals surface area contributed by atoms with E-state index in [2.05, 4.69) is 146 Å². The largest absolute Gasteiger partial charge is 0.310 e. The summed E-state index contributed by atoms with van der Waals surface area (Å²) in [5.74, 6) is 5.27. The number of benzene rings is 6. The van der Waals surface area contributed by atoms with E-state index >= 15 is 0 Å². The fourth-order valence-electron chi connectivity index (χ4n) is 12.8. The molecular weight excluding hydrogens is 651 g/mol. The van der Waals surface area contributed by atoms with Crippen molar-refractivity contribution in [3.8, 4) is 22.3 Å². The van der Waals surface area contributed by atoms with Gasteiger partial charge in [0.1, 0.15) is 0 Å². The molecular formula is C53H53N. The van der Waals surface area contributed by atoms with Crippen LogP contribution in [0.25, 0.3) is 33.0 Å². The van der Waals surface area contributed by atoms with Gasteiger partial charge in [0.15, 0.2) is 0 Å². The van der Waals surface area contributed by atoms with Gasteiger partial charge in [0.2, 0.25) is 0 Å². The number of nitrogens with zero attached hydrogens (tertiary/aromatic N) is 1. The van der Waals surface area contributed by atoms with Gasteiger partial charge >= 0.3 is 0 Å². The van der Waals surface area contributed by atoms with E-state index in [1.807, 2.05) is 0 Å². The van der Waals surface area contributed by atoms with E-state index in [1.54, 1.807) is 5.56 Å². The molecule has 6 aromatic rings. The Morgan fingerprint density at radius 2 is 1.07 bits per heavy atom. The van der Waals surface area contributed by atoms with Crippen molar-refractivity contribution < 1.29 is 0 Å². The van der Waals surface area contributed by atoms with E-state index in [9.17, 15) is 0 Å². The lowest BCUT2D eigenvalue weighted by molar-refractivity contribution is -0.00277. The van der Waals surface area contributed by atoms with Crippen LogP contribution < -0.4 is 4.90 Å². The zero-order chi connectivity index (χ0) is 36.0. The lowest BCUT2D eigenvalue weighted by Crippen LogP contribution is -2.43. The molecule has 0 unspecified atom stereocenters. The van der Waals surface area contributed by atoms with Crippen LogP contribution >= 0.6 is 0 Å². The van der Waals surface area contributed by atoms with Crippen molar-refractivity contribution in [2.24, 2.45) is 23.7 Å². The molecule has 1 nitrogen and oxygen atoms in total. The van der Waals surface area contributed by atoms with Gasteiger partial charge in [0.05, 0.1) is 0 Å². The third kappa shape index (κ3) is 5.25. The van der Waals surface area contributed by atoms with Crippen LogP contribution in [0.1, 0.15) is 112 Å². The maximum Gasteiger partial charge on any atom is 0.0465 e. The summed E-state index contributed by atoms with van der Waals surface area (Å²) in [4.78, 5) is 2.54. The van der Waals surface area contributed by atoms with Crippen molar-refractivity contribution in [3.05, 3.63) is 150 Å². The molecule has 0 heterocycles. The van der Waals surface area contributed by atoms with Gasteiger partial charge in [-0.25, -0.2) is 0 Å². The molecule has 0 amide bonds. The molecule has 0 aromatic heterocycles. The second kappa shape index (κ2) is 12.7. The highest BCUT2D eigenvalue weighted by Gasteiger charge is 2.48. The summed E-state index contributed by atoms with van der Waals surface area (Å²) in [6, 6.07) is 49.5.